The number of nitrogens with one attached hydrogen (secondary N) is 2. The van der Waals surface area contributed by atoms with Gasteiger partial charge in [-0.2, -0.15) is 0 Å². The zero-order valence-corrected chi connectivity index (χ0v) is 20.6. The average molecular weight is 509 g/mol. The van der Waals surface area contributed by atoms with Gasteiger partial charge in [-0.15, -0.1) is 0 Å². The van der Waals surface area contributed by atoms with E-state index >= 15 is 0 Å². The topological polar surface area (TPSA) is 125 Å². The summed E-state index contributed by atoms with van der Waals surface area (Å²) in [4.78, 5) is 25.5. The number of hydrogen-bond donors (Lipinski definition) is 4. The number of halogens is 1. The van der Waals surface area contributed by atoms with Gasteiger partial charge in [0.1, 0.15) is 11.4 Å². The lowest BCUT2D eigenvalue weighted by Gasteiger charge is -2.43. The molecule has 6 N–H and O–H groups in total. The number of benzene rings is 1. The third kappa shape index (κ3) is 5.40. The highest BCUT2D eigenvalue weighted by molar-refractivity contribution is 9.10. The Labute approximate surface area is 195 Å². The minimum atomic E-state index is -0.674. The molecule has 1 aliphatic heterocycles. The van der Waals surface area contributed by atoms with Gasteiger partial charge in [0.15, 0.2) is 11.0 Å². The first kappa shape index (κ1) is 23.6. The molecule has 11 heteroatoms. The zero-order valence-electron chi connectivity index (χ0n) is 18.2. The van der Waals surface area contributed by atoms with Crippen LogP contribution in [0.5, 0.6) is 0 Å². The molecule has 3 rings (SSSR count). The Hall–Kier alpha value is -2.08. The number of aromatic nitrogens is 2. The number of hydrogen-bond acceptors (Lipinski definition) is 9. The molecule has 1 aromatic carbocycles. The number of piperazine rings is 1. The van der Waals surface area contributed by atoms with Crippen molar-refractivity contribution in [2.75, 3.05) is 48.1 Å². The van der Waals surface area contributed by atoms with Gasteiger partial charge in [-0.1, -0.05) is 11.8 Å². The number of carbonyl (C=O) groups excluding carboxylic acids is 1. The van der Waals surface area contributed by atoms with E-state index in [9.17, 15) is 4.79 Å². The summed E-state index contributed by atoms with van der Waals surface area (Å²) in [5, 5.41) is 3.66. The van der Waals surface area contributed by atoms with Crippen LogP contribution in [0, 0.1) is 0 Å². The van der Waals surface area contributed by atoms with E-state index in [1.807, 2.05) is 12.3 Å². The fraction of sp³-hybridized carbons (Fsp3) is 0.450. The van der Waals surface area contributed by atoms with E-state index in [0.717, 1.165) is 42.0 Å². The third-order valence-electron chi connectivity index (χ3n) is 5.25. The number of thioether (sulfide) groups is 1. The second-order valence-corrected chi connectivity index (χ2v) is 9.85. The van der Waals surface area contributed by atoms with Crippen LogP contribution in [0.15, 0.2) is 27.8 Å². The Morgan fingerprint density at radius 1 is 1.16 bits per heavy atom. The van der Waals surface area contributed by atoms with Crippen molar-refractivity contribution < 1.29 is 4.79 Å². The van der Waals surface area contributed by atoms with E-state index in [2.05, 4.69) is 79.3 Å². The molecule has 0 spiro atoms. The van der Waals surface area contributed by atoms with Crippen LogP contribution in [-0.4, -0.2) is 58.7 Å². The van der Waals surface area contributed by atoms with Crippen LogP contribution in [0.3, 0.4) is 0 Å². The summed E-state index contributed by atoms with van der Waals surface area (Å²) in [6, 6.07) is 6.08. The number of anilines is 4. The first-order valence-corrected chi connectivity index (χ1v) is 11.9. The maximum atomic E-state index is 12.0. The molecular weight excluding hydrogens is 480 g/mol. The summed E-state index contributed by atoms with van der Waals surface area (Å²) in [5.74, 6) is 5.34. The molecule has 168 valence electrons. The summed E-state index contributed by atoms with van der Waals surface area (Å²) in [6.07, 6.45) is 1.84. The number of nitrogens with two attached hydrogens (primary N) is 2. The third-order valence-corrected chi connectivity index (χ3v) is 6.46. The lowest BCUT2D eigenvalue weighted by molar-refractivity contribution is 0.100. The van der Waals surface area contributed by atoms with Crippen molar-refractivity contribution in [2.45, 2.75) is 31.5 Å². The van der Waals surface area contributed by atoms with Gasteiger partial charge in [0, 0.05) is 41.9 Å². The molecule has 1 aromatic heterocycles. The normalized spacial score (nSPS) is 15.1. The average Bonchev–Trinajstić information content (AvgIpc) is 2.73. The highest BCUT2D eigenvalue weighted by atomic mass is 79.9. The van der Waals surface area contributed by atoms with Crippen molar-refractivity contribution in [3.05, 3.63) is 28.2 Å². The summed E-state index contributed by atoms with van der Waals surface area (Å²) in [5.41, 5.74) is 10.2. The molecule has 31 heavy (non-hydrogen) atoms. The summed E-state index contributed by atoms with van der Waals surface area (Å²) >= 11 is 4.98. The van der Waals surface area contributed by atoms with Gasteiger partial charge in [-0.3, -0.25) is 9.69 Å². The van der Waals surface area contributed by atoms with Gasteiger partial charge >= 0.3 is 0 Å². The molecule has 0 radical (unpaired) electrons. The maximum absolute atomic E-state index is 12.0. The lowest BCUT2D eigenvalue weighted by Crippen LogP contribution is -2.53. The van der Waals surface area contributed by atoms with Gasteiger partial charge < -0.3 is 21.4 Å². The molecule has 0 unspecified atom stereocenters. The van der Waals surface area contributed by atoms with E-state index in [0.29, 0.717) is 11.0 Å². The number of rotatable bonds is 6. The van der Waals surface area contributed by atoms with Crippen molar-refractivity contribution in [1.29, 1.82) is 0 Å². The second-order valence-electron chi connectivity index (χ2n) is 8.23. The number of hydrazine groups is 1. The quantitative estimate of drug-likeness (QED) is 0.201. The number of amides is 1. The standard InChI is InChI=1S/C20H29BrN8OS/c1-20(2,3)29-9-7-28(8-10-29)12-5-6-14(13(21)11-12)24-17-15(16(22)30)18(27-23)26-19(25-17)31-4/h5-6,11H,7-10,23H2,1-4H3,(H2,22,30)(H2,24,25,26,27). The molecule has 1 fully saturated rings. The Bertz CT molecular complexity index is 957. The molecule has 0 aliphatic carbocycles. The molecule has 9 nitrogen and oxygen atoms in total. The molecule has 1 amide bonds. The molecular formula is C20H29BrN8OS. The Kier molecular flexibility index (Phi) is 7.30. The Morgan fingerprint density at radius 3 is 2.32 bits per heavy atom. The highest BCUT2D eigenvalue weighted by Crippen LogP contribution is 2.33. The van der Waals surface area contributed by atoms with E-state index < -0.39 is 5.91 Å². The van der Waals surface area contributed by atoms with E-state index in [1.54, 1.807) is 0 Å². The van der Waals surface area contributed by atoms with Gasteiger partial charge in [0.25, 0.3) is 5.91 Å². The number of nitrogen functional groups attached to an aromatic ring is 1. The highest BCUT2D eigenvalue weighted by Gasteiger charge is 2.26. The molecule has 2 heterocycles. The van der Waals surface area contributed by atoms with Crippen molar-refractivity contribution >= 4 is 56.6 Å². The van der Waals surface area contributed by atoms with Crippen LogP contribution < -0.4 is 27.2 Å². The van der Waals surface area contributed by atoms with Crippen molar-refractivity contribution in [2.24, 2.45) is 11.6 Å². The predicted molar refractivity (Wildman–Crippen MR) is 131 cm³/mol. The van der Waals surface area contributed by atoms with E-state index in [1.165, 1.54) is 11.8 Å². The number of primary amides is 1. The molecule has 2 aromatic rings. The molecule has 1 saturated heterocycles. The van der Waals surface area contributed by atoms with E-state index in [4.69, 9.17) is 11.6 Å². The van der Waals surface area contributed by atoms with Crippen LogP contribution in [0.25, 0.3) is 0 Å². The first-order valence-electron chi connectivity index (χ1n) is 9.93. The monoisotopic (exact) mass is 508 g/mol. The summed E-state index contributed by atoms with van der Waals surface area (Å²) < 4.78 is 0.852. The molecule has 0 atom stereocenters. The fourth-order valence-corrected chi connectivity index (χ4v) is 4.36. The largest absolute Gasteiger partial charge is 0.369 e. The van der Waals surface area contributed by atoms with Crippen LogP contribution in [-0.2, 0) is 0 Å². The van der Waals surface area contributed by atoms with Crippen molar-refractivity contribution in [3.8, 4) is 0 Å². The smallest absolute Gasteiger partial charge is 0.256 e. The minimum absolute atomic E-state index is 0.106. The lowest BCUT2D eigenvalue weighted by atomic mass is 10.0. The first-order chi connectivity index (χ1) is 14.6. The number of nitrogens with zero attached hydrogens (tertiary/aromatic N) is 4. The van der Waals surface area contributed by atoms with Crippen LogP contribution >= 0.6 is 27.7 Å². The maximum Gasteiger partial charge on any atom is 0.256 e. The van der Waals surface area contributed by atoms with E-state index in [-0.39, 0.29) is 16.9 Å². The summed E-state index contributed by atoms with van der Waals surface area (Å²) in [7, 11) is 0. The SMILES string of the molecule is CSc1nc(NN)c(C(N)=O)c(Nc2ccc(N3CCN(C(C)(C)C)CC3)cc2Br)n1. The Balaban J connectivity index is 1.83. The predicted octanol–water partition coefficient (Wildman–Crippen LogP) is 3.01. The second kappa shape index (κ2) is 9.60. The fourth-order valence-electron chi connectivity index (χ4n) is 3.52. The van der Waals surface area contributed by atoms with Crippen molar-refractivity contribution in [3.63, 3.8) is 0 Å². The van der Waals surface area contributed by atoms with Gasteiger partial charge in [0.2, 0.25) is 0 Å². The van der Waals surface area contributed by atoms with Crippen LogP contribution in [0.1, 0.15) is 31.1 Å². The van der Waals surface area contributed by atoms with Gasteiger partial charge in [-0.25, -0.2) is 15.8 Å². The molecule has 0 bridgehead atoms. The summed E-state index contributed by atoms with van der Waals surface area (Å²) in [6.45, 7) is 10.7. The van der Waals surface area contributed by atoms with Crippen molar-refractivity contribution in [1.82, 2.24) is 14.9 Å². The van der Waals surface area contributed by atoms with Gasteiger partial charge in [-0.05, 0) is 61.2 Å². The van der Waals surface area contributed by atoms with Crippen LogP contribution in [0.4, 0.5) is 23.0 Å². The zero-order chi connectivity index (χ0) is 22.8. The Morgan fingerprint density at radius 2 is 1.81 bits per heavy atom. The number of carbonyl (C=O) groups is 1. The minimum Gasteiger partial charge on any atom is -0.369 e. The van der Waals surface area contributed by atoms with Gasteiger partial charge in [0.05, 0.1) is 5.69 Å². The molecule has 1 aliphatic rings. The van der Waals surface area contributed by atoms with Crippen LogP contribution in [0.2, 0.25) is 0 Å². The molecule has 0 saturated carbocycles.